The molecule has 0 aromatic heterocycles. The van der Waals surface area contributed by atoms with Crippen LogP contribution in [0, 0.1) is 24.2 Å². The molecule has 2 saturated heterocycles. The molecule has 1 amide bonds. The first kappa shape index (κ1) is 18.2. The first-order valence-electron chi connectivity index (χ1n) is 8.17. The second-order valence-corrected chi connectivity index (χ2v) is 8.43. The summed E-state index contributed by atoms with van der Waals surface area (Å²) in [5.41, 5.74) is 0. The predicted octanol–water partition coefficient (Wildman–Crippen LogP) is 0.546. The van der Waals surface area contributed by atoms with Crippen molar-refractivity contribution in [3.05, 3.63) is 0 Å². The number of sulfonamides is 1. The highest BCUT2D eigenvalue weighted by atomic mass is 32.2. The molecule has 1 atom stereocenters. The Labute approximate surface area is 139 Å². The van der Waals surface area contributed by atoms with Crippen LogP contribution in [0.1, 0.15) is 25.7 Å². The molecule has 7 heteroatoms. The summed E-state index contributed by atoms with van der Waals surface area (Å²) in [6.07, 6.45) is 9.66. The molecule has 0 saturated carbocycles. The molecule has 2 fully saturated rings. The lowest BCUT2D eigenvalue weighted by Crippen LogP contribution is -2.47. The van der Waals surface area contributed by atoms with E-state index in [0.717, 1.165) is 25.9 Å². The summed E-state index contributed by atoms with van der Waals surface area (Å²) in [5.74, 6) is 2.91. The SMILES string of the molecule is C#CCOCC1CCCN(C(=O)C2CCN(S(C)(=O)=O)CC2)C1. The standard InChI is InChI=1S/C16H26N2O4S/c1-3-11-22-13-14-5-4-8-17(12-14)16(19)15-6-9-18(10-7-15)23(2,20)21/h1,14-15H,4-13H2,2H3. The van der Waals surface area contributed by atoms with E-state index in [2.05, 4.69) is 5.92 Å². The minimum atomic E-state index is -3.15. The predicted molar refractivity (Wildman–Crippen MR) is 88.1 cm³/mol. The van der Waals surface area contributed by atoms with E-state index >= 15 is 0 Å². The number of piperidine rings is 2. The molecule has 0 spiro atoms. The van der Waals surface area contributed by atoms with Crippen LogP contribution in [0.2, 0.25) is 0 Å². The molecule has 2 aliphatic heterocycles. The highest BCUT2D eigenvalue weighted by molar-refractivity contribution is 7.88. The smallest absolute Gasteiger partial charge is 0.225 e. The van der Waals surface area contributed by atoms with Gasteiger partial charge in [0.05, 0.1) is 12.9 Å². The van der Waals surface area contributed by atoms with Gasteiger partial charge in [0, 0.05) is 32.1 Å². The molecule has 2 heterocycles. The van der Waals surface area contributed by atoms with Crippen LogP contribution in [0.25, 0.3) is 0 Å². The highest BCUT2D eigenvalue weighted by Gasteiger charge is 2.33. The van der Waals surface area contributed by atoms with Gasteiger partial charge < -0.3 is 9.64 Å². The van der Waals surface area contributed by atoms with Gasteiger partial charge in [0.25, 0.3) is 0 Å². The van der Waals surface area contributed by atoms with Gasteiger partial charge in [0.1, 0.15) is 6.61 Å². The van der Waals surface area contributed by atoms with Gasteiger partial charge in [-0.1, -0.05) is 5.92 Å². The van der Waals surface area contributed by atoms with Gasteiger partial charge in [0.2, 0.25) is 15.9 Å². The van der Waals surface area contributed by atoms with Gasteiger partial charge in [-0.05, 0) is 31.6 Å². The monoisotopic (exact) mass is 342 g/mol. The Morgan fingerprint density at radius 3 is 2.57 bits per heavy atom. The topological polar surface area (TPSA) is 66.9 Å². The van der Waals surface area contributed by atoms with E-state index in [1.54, 1.807) is 0 Å². The summed E-state index contributed by atoms with van der Waals surface area (Å²) in [7, 11) is -3.15. The summed E-state index contributed by atoms with van der Waals surface area (Å²) in [4.78, 5) is 14.6. The van der Waals surface area contributed by atoms with Crippen molar-refractivity contribution in [2.75, 3.05) is 45.6 Å². The first-order valence-corrected chi connectivity index (χ1v) is 10.0. The fourth-order valence-corrected chi connectivity index (χ4v) is 4.25. The van der Waals surface area contributed by atoms with Gasteiger partial charge in [-0.15, -0.1) is 6.42 Å². The van der Waals surface area contributed by atoms with Crippen molar-refractivity contribution in [1.82, 2.24) is 9.21 Å². The van der Waals surface area contributed by atoms with Gasteiger partial charge in [-0.2, -0.15) is 0 Å². The van der Waals surface area contributed by atoms with Crippen LogP contribution in [0.15, 0.2) is 0 Å². The van der Waals surface area contributed by atoms with Crippen LogP contribution in [-0.4, -0.2) is 69.2 Å². The zero-order valence-corrected chi connectivity index (χ0v) is 14.6. The molecule has 0 aliphatic carbocycles. The Kier molecular flexibility index (Phi) is 6.45. The van der Waals surface area contributed by atoms with Crippen molar-refractivity contribution in [2.45, 2.75) is 25.7 Å². The van der Waals surface area contributed by atoms with Crippen molar-refractivity contribution in [2.24, 2.45) is 11.8 Å². The molecule has 6 nitrogen and oxygen atoms in total. The lowest BCUT2D eigenvalue weighted by Gasteiger charge is -2.37. The van der Waals surface area contributed by atoms with Crippen LogP contribution in [0.5, 0.6) is 0 Å². The average Bonchev–Trinajstić information content (AvgIpc) is 2.54. The Morgan fingerprint density at radius 1 is 1.26 bits per heavy atom. The van der Waals surface area contributed by atoms with E-state index in [0.29, 0.717) is 45.1 Å². The molecular weight excluding hydrogens is 316 g/mol. The Balaban J connectivity index is 1.82. The zero-order chi connectivity index (χ0) is 16.9. The van der Waals surface area contributed by atoms with E-state index in [-0.39, 0.29) is 11.8 Å². The van der Waals surface area contributed by atoms with Crippen molar-refractivity contribution in [3.63, 3.8) is 0 Å². The number of nitrogens with zero attached hydrogens (tertiary/aromatic N) is 2. The molecule has 0 aromatic rings. The Bertz CT molecular complexity index is 547. The first-order chi connectivity index (χ1) is 10.9. The zero-order valence-electron chi connectivity index (χ0n) is 13.7. The van der Waals surface area contributed by atoms with Gasteiger partial charge >= 0.3 is 0 Å². The summed E-state index contributed by atoms with van der Waals surface area (Å²) >= 11 is 0. The minimum absolute atomic E-state index is 0.0571. The third-order valence-electron chi connectivity index (χ3n) is 4.64. The number of hydrogen-bond acceptors (Lipinski definition) is 4. The second kappa shape index (κ2) is 8.13. The van der Waals surface area contributed by atoms with Crippen molar-refractivity contribution in [1.29, 1.82) is 0 Å². The number of ether oxygens (including phenoxy) is 1. The molecule has 1 unspecified atom stereocenters. The van der Waals surface area contributed by atoms with Crippen LogP contribution >= 0.6 is 0 Å². The summed E-state index contributed by atoms with van der Waals surface area (Å²) in [6, 6.07) is 0. The number of carbonyl (C=O) groups excluding carboxylic acids is 1. The van der Waals surface area contributed by atoms with Gasteiger partial charge in [-0.25, -0.2) is 12.7 Å². The number of amides is 1. The Morgan fingerprint density at radius 2 is 1.96 bits per heavy atom. The number of rotatable bonds is 5. The number of carbonyl (C=O) groups is 1. The quantitative estimate of drug-likeness (QED) is 0.540. The molecule has 130 valence electrons. The molecule has 2 aliphatic rings. The van der Waals surface area contributed by atoms with E-state index < -0.39 is 10.0 Å². The molecule has 0 N–H and O–H groups in total. The number of hydrogen-bond donors (Lipinski definition) is 0. The minimum Gasteiger partial charge on any atom is -0.368 e. The molecule has 0 radical (unpaired) electrons. The molecule has 0 bridgehead atoms. The number of likely N-dealkylation sites (tertiary alicyclic amines) is 1. The number of terminal acetylenes is 1. The van der Waals surface area contributed by atoms with Crippen molar-refractivity contribution < 1.29 is 17.9 Å². The Hall–Kier alpha value is -1.10. The van der Waals surface area contributed by atoms with Gasteiger partial charge in [0.15, 0.2) is 0 Å². The maximum absolute atomic E-state index is 12.7. The second-order valence-electron chi connectivity index (χ2n) is 6.45. The maximum atomic E-state index is 12.7. The molecular formula is C16H26N2O4S. The average molecular weight is 342 g/mol. The largest absolute Gasteiger partial charge is 0.368 e. The highest BCUT2D eigenvalue weighted by Crippen LogP contribution is 2.24. The maximum Gasteiger partial charge on any atom is 0.225 e. The van der Waals surface area contributed by atoms with E-state index in [1.807, 2.05) is 4.90 Å². The van der Waals surface area contributed by atoms with Crippen LogP contribution in [0.3, 0.4) is 0 Å². The summed E-state index contributed by atoms with van der Waals surface area (Å²) in [6.45, 7) is 3.30. The molecule has 0 aromatic carbocycles. The normalized spacial score (nSPS) is 24.3. The third-order valence-corrected chi connectivity index (χ3v) is 5.94. The van der Waals surface area contributed by atoms with Crippen molar-refractivity contribution in [3.8, 4) is 12.3 Å². The van der Waals surface area contributed by atoms with Gasteiger partial charge in [-0.3, -0.25) is 4.79 Å². The summed E-state index contributed by atoms with van der Waals surface area (Å²) in [5, 5.41) is 0. The molecule has 2 rings (SSSR count). The lowest BCUT2D eigenvalue weighted by molar-refractivity contribution is -0.139. The summed E-state index contributed by atoms with van der Waals surface area (Å²) < 4.78 is 29.9. The van der Waals surface area contributed by atoms with E-state index in [9.17, 15) is 13.2 Å². The lowest BCUT2D eigenvalue weighted by atomic mass is 9.93. The van der Waals surface area contributed by atoms with E-state index in [1.165, 1.54) is 10.6 Å². The third kappa shape index (κ3) is 5.20. The molecule has 23 heavy (non-hydrogen) atoms. The van der Waals surface area contributed by atoms with Crippen LogP contribution in [0.4, 0.5) is 0 Å². The fraction of sp³-hybridized carbons (Fsp3) is 0.812. The van der Waals surface area contributed by atoms with E-state index in [4.69, 9.17) is 11.2 Å². The van der Waals surface area contributed by atoms with Crippen LogP contribution < -0.4 is 0 Å². The van der Waals surface area contributed by atoms with Crippen LogP contribution in [-0.2, 0) is 19.6 Å². The fourth-order valence-electron chi connectivity index (χ4n) is 3.38. The van der Waals surface area contributed by atoms with Crippen molar-refractivity contribution >= 4 is 15.9 Å².